The predicted octanol–water partition coefficient (Wildman–Crippen LogP) is 3.09. The summed E-state index contributed by atoms with van der Waals surface area (Å²) in [5.74, 6) is 0. The minimum Gasteiger partial charge on any atom is -0.444 e. The van der Waals surface area contributed by atoms with Gasteiger partial charge in [-0.25, -0.2) is 4.79 Å². The Bertz CT molecular complexity index is 523. The maximum absolute atomic E-state index is 11.7. The Hall–Kier alpha value is -1.30. The topological polar surface area (TPSA) is 53.6 Å². The molecule has 1 aliphatic rings. The Morgan fingerprint density at radius 3 is 2.64 bits per heavy atom. The van der Waals surface area contributed by atoms with Gasteiger partial charge in [-0.1, -0.05) is 17.7 Å². The minimum absolute atomic E-state index is 0.474. The van der Waals surface area contributed by atoms with Crippen molar-refractivity contribution < 1.29 is 9.53 Å². The molecule has 1 saturated heterocycles. The maximum Gasteiger partial charge on any atom is 0.412 e. The molecule has 1 aromatic rings. The van der Waals surface area contributed by atoms with Gasteiger partial charge in [0, 0.05) is 43.4 Å². The molecule has 0 atom stereocenters. The number of hydrogen-bond acceptors (Lipinski definition) is 4. The van der Waals surface area contributed by atoms with Gasteiger partial charge in [0.15, 0.2) is 0 Å². The van der Waals surface area contributed by atoms with Gasteiger partial charge in [0.05, 0.1) is 0 Å². The van der Waals surface area contributed by atoms with Crippen molar-refractivity contribution in [1.29, 1.82) is 0 Å². The Morgan fingerprint density at radius 2 is 2.05 bits per heavy atom. The van der Waals surface area contributed by atoms with Crippen LogP contribution in [0.2, 0.25) is 5.02 Å². The molecule has 1 heterocycles. The Morgan fingerprint density at radius 1 is 1.36 bits per heavy atom. The zero-order chi connectivity index (χ0) is 16.2. The fourth-order valence-electron chi connectivity index (χ4n) is 2.28. The first kappa shape index (κ1) is 17.1. The highest BCUT2D eigenvalue weighted by Crippen LogP contribution is 2.23. The summed E-state index contributed by atoms with van der Waals surface area (Å²) >= 11 is 6.33. The van der Waals surface area contributed by atoms with E-state index in [4.69, 9.17) is 16.3 Å². The molecule has 0 aliphatic carbocycles. The van der Waals surface area contributed by atoms with E-state index < -0.39 is 11.7 Å². The van der Waals surface area contributed by atoms with Gasteiger partial charge in [0.25, 0.3) is 0 Å². The molecule has 22 heavy (non-hydrogen) atoms. The molecule has 0 unspecified atom stereocenters. The van der Waals surface area contributed by atoms with Crippen LogP contribution in [0.15, 0.2) is 18.2 Å². The Labute approximate surface area is 137 Å². The normalized spacial score (nSPS) is 16.4. The van der Waals surface area contributed by atoms with Gasteiger partial charge in [-0.2, -0.15) is 0 Å². The van der Waals surface area contributed by atoms with Crippen LogP contribution in [0.25, 0.3) is 0 Å². The second kappa shape index (κ2) is 7.31. The molecule has 2 rings (SSSR count). The van der Waals surface area contributed by atoms with Crippen molar-refractivity contribution in [2.24, 2.45) is 0 Å². The van der Waals surface area contributed by atoms with Crippen molar-refractivity contribution in [1.82, 2.24) is 10.2 Å². The quantitative estimate of drug-likeness (QED) is 0.896. The van der Waals surface area contributed by atoms with Crippen molar-refractivity contribution in [2.75, 3.05) is 31.5 Å². The molecule has 122 valence electrons. The van der Waals surface area contributed by atoms with E-state index in [0.717, 1.165) is 38.3 Å². The SMILES string of the molecule is CC(C)(C)OC(=O)Nc1ccc(CN2CCNCC2)c(Cl)c1. The van der Waals surface area contributed by atoms with E-state index in [0.29, 0.717) is 10.7 Å². The number of rotatable bonds is 3. The zero-order valence-electron chi connectivity index (χ0n) is 13.4. The first-order valence-corrected chi connectivity index (χ1v) is 7.93. The summed E-state index contributed by atoms with van der Waals surface area (Å²) in [6, 6.07) is 5.58. The largest absolute Gasteiger partial charge is 0.444 e. The Kier molecular flexibility index (Phi) is 5.67. The molecule has 6 heteroatoms. The average molecular weight is 326 g/mol. The third-order valence-electron chi connectivity index (χ3n) is 3.30. The molecule has 1 aromatic carbocycles. The molecule has 0 spiro atoms. The number of anilines is 1. The van der Waals surface area contributed by atoms with Crippen molar-refractivity contribution in [3.8, 4) is 0 Å². The van der Waals surface area contributed by atoms with Crippen LogP contribution >= 0.6 is 11.6 Å². The summed E-state index contributed by atoms with van der Waals surface area (Å²) in [5.41, 5.74) is 1.19. The summed E-state index contributed by atoms with van der Waals surface area (Å²) in [6.45, 7) is 10.4. The molecule has 1 amide bonds. The van der Waals surface area contributed by atoms with Crippen LogP contribution < -0.4 is 10.6 Å². The van der Waals surface area contributed by atoms with Crippen LogP contribution in [0.5, 0.6) is 0 Å². The number of amides is 1. The maximum atomic E-state index is 11.7. The van der Waals surface area contributed by atoms with Crippen LogP contribution in [-0.4, -0.2) is 42.8 Å². The molecular weight excluding hydrogens is 302 g/mol. The van der Waals surface area contributed by atoms with Gasteiger partial charge < -0.3 is 10.1 Å². The number of piperazine rings is 1. The first-order chi connectivity index (χ1) is 10.3. The van der Waals surface area contributed by atoms with Crippen molar-refractivity contribution >= 4 is 23.4 Å². The van der Waals surface area contributed by atoms with Gasteiger partial charge in [-0.3, -0.25) is 10.2 Å². The predicted molar refractivity (Wildman–Crippen MR) is 89.5 cm³/mol. The van der Waals surface area contributed by atoms with E-state index in [1.807, 2.05) is 32.9 Å². The molecule has 5 nitrogen and oxygen atoms in total. The molecule has 0 saturated carbocycles. The number of halogens is 1. The number of nitrogens with one attached hydrogen (secondary N) is 2. The van der Waals surface area contributed by atoms with Crippen LogP contribution in [0, 0.1) is 0 Å². The van der Waals surface area contributed by atoms with E-state index in [1.54, 1.807) is 6.07 Å². The lowest BCUT2D eigenvalue weighted by Crippen LogP contribution is -2.42. The van der Waals surface area contributed by atoms with E-state index >= 15 is 0 Å². The van der Waals surface area contributed by atoms with Gasteiger partial charge in [0.1, 0.15) is 5.60 Å². The molecule has 0 radical (unpaired) electrons. The van der Waals surface area contributed by atoms with Crippen molar-refractivity contribution in [3.05, 3.63) is 28.8 Å². The fourth-order valence-corrected chi connectivity index (χ4v) is 2.53. The molecule has 0 aromatic heterocycles. The number of ether oxygens (including phenoxy) is 1. The second-order valence-corrected chi connectivity index (χ2v) is 6.87. The van der Waals surface area contributed by atoms with Crippen LogP contribution in [0.4, 0.5) is 10.5 Å². The molecule has 1 aliphatic heterocycles. The number of carbonyl (C=O) groups is 1. The van der Waals surface area contributed by atoms with Gasteiger partial charge >= 0.3 is 6.09 Å². The summed E-state index contributed by atoms with van der Waals surface area (Å²) in [7, 11) is 0. The van der Waals surface area contributed by atoms with E-state index in [1.165, 1.54) is 0 Å². The summed E-state index contributed by atoms with van der Waals surface area (Å²) in [4.78, 5) is 14.1. The third kappa shape index (κ3) is 5.48. The number of carbonyl (C=O) groups excluding carboxylic acids is 1. The Balaban J connectivity index is 1.95. The first-order valence-electron chi connectivity index (χ1n) is 7.55. The van der Waals surface area contributed by atoms with Crippen molar-refractivity contribution in [2.45, 2.75) is 32.9 Å². The molecule has 2 N–H and O–H groups in total. The lowest BCUT2D eigenvalue weighted by molar-refractivity contribution is 0.0636. The molecule has 1 fully saturated rings. The fraction of sp³-hybridized carbons (Fsp3) is 0.562. The highest BCUT2D eigenvalue weighted by atomic mass is 35.5. The molecule has 0 bridgehead atoms. The number of hydrogen-bond donors (Lipinski definition) is 2. The lowest BCUT2D eigenvalue weighted by Gasteiger charge is -2.27. The molecular formula is C16H24ClN3O2. The number of nitrogens with zero attached hydrogens (tertiary/aromatic N) is 1. The van der Waals surface area contributed by atoms with Crippen molar-refractivity contribution in [3.63, 3.8) is 0 Å². The smallest absolute Gasteiger partial charge is 0.412 e. The van der Waals surface area contributed by atoms with E-state index in [-0.39, 0.29) is 0 Å². The van der Waals surface area contributed by atoms with E-state index in [9.17, 15) is 4.79 Å². The minimum atomic E-state index is -0.518. The van der Waals surface area contributed by atoms with Gasteiger partial charge in [0.2, 0.25) is 0 Å². The highest BCUT2D eigenvalue weighted by molar-refractivity contribution is 6.31. The number of benzene rings is 1. The monoisotopic (exact) mass is 325 g/mol. The van der Waals surface area contributed by atoms with Crippen LogP contribution in [0.3, 0.4) is 0 Å². The van der Waals surface area contributed by atoms with E-state index in [2.05, 4.69) is 15.5 Å². The summed E-state index contributed by atoms with van der Waals surface area (Å²) in [5, 5.41) is 6.69. The third-order valence-corrected chi connectivity index (χ3v) is 3.65. The van der Waals surface area contributed by atoms with Gasteiger partial charge in [-0.15, -0.1) is 0 Å². The van der Waals surface area contributed by atoms with Crippen LogP contribution in [0.1, 0.15) is 26.3 Å². The summed E-state index contributed by atoms with van der Waals surface area (Å²) in [6.07, 6.45) is -0.474. The lowest BCUT2D eigenvalue weighted by atomic mass is 10.1. The highest BCUT2D eigenvalue weighted by Gasteiger charge is 2.17. The second-order valence-electron chi connectivity index (χ2n) is 6.46. The van der Waals surface area contributed by atoms with Gasteiger partial charge in [-0.05, 0) is 38.5 Å². The zero-order valence-corrected chi connectivity index (χ0v) is 14.2. The average Bonchev–Trinajstić information content (AvgIpc) is 2.41. The van der Waals surface area contributed by atoms with Crippen LogP contribution in [-0.2, 0) is 11.3 Å². The summed E-state index contributed by atoms with van der Waals surface area (Å²) < 4.78 is 5.22. The standard InChI is InChI=1S/C16H24ClN3O2/c1-16(2,3)22-15(21)19-13-5-4-12(14(17)10-13)11-20-8-6-18-7-9-20/h4-5,10,18H,6-9,11H2,1-3H3,(H,19,21).